The summed E-state index contributed by atoms with van der Waals surface area (Å²) in [5.74, 6) is 0.600. The number of nitrogens with two attached hydrogens (primary N) is 1. The zero-order valence-corrected chi connectivity index (χ0v) is 14.1. The minimum absolute atomic E-state index is 0.00508. The van der Waals surface area contributed by atoms with Crippen LogP contribution in [0.1, 0.15) is 17.5 Å². The number of rotatable bonds is 5. The Bertz CT molecular complexity index is 790. The zero-order chi connectivity index (χ0) is 17.8. The van der Waals surface area contributed by atoms with Gasteiger partial charge in [-0.2, -0.15) is 0 Å². The van der Waals surface area contributed by atoms with Crippen molar-refractivity contribution in [3.8, 4) is 5.75 Å². The summed E-state index contributed by atoms with van der Waals surface area (Å²) in [6.45, 7) is 2.56. The highest BCUT2D eigenvalue weighted by molar-refractivity contribution is 5.96. The fourth-order valence-corrected chi connectivity index (χ4v) is 2.86. The fraction of sp³-hybridized carbons (Fsp3) is 0.263. The molecule has 130 valence electrons. The number of nitrogens with one attached hydrogen (secondary N) is 3. The number of amidine groups is 1. The standard InChI is InChI=1S/C19H22N4O2/c1-12-5-2-3-8-16(12)23-19(24)17-10-15(11-22-17)25-14-7-4-6-13(9-14)18(20)21/h2-9,15,17,22H,10-11H2,1H3,(H3,20,21)(H,23,24). The summed E-state index contributed by atoms with van der Waals surface area (Å²) in [5, 5.41) is 13.6. The Balaban J connectivity index is 1.58. The number of amides is 1. The number of benzene rings is 2. The number of hydrogen-bond donors (Lipinski definition) is 4. The van der Waals surface area contributed by atoms with Gasteiger partial charge in [0.05, 0.1) is 6.04 Å². The van der Waals surface area contributed by atoms with E-state index >= 15 is 0 Å². The molecule has 1 aliphatic rings. The molecule has 0 spiro atoms. The van der Waals surface area contributed by atoms with Crippen LogP contribution in [0, 0.1) is 12.3 Å². The third kappa shape index (κ3) is 4.16. The van der Waals surface area contributed by atoms with Gasteiger partial charge in [-0.15, -0.1) is 0 Å². The third-order valence-corrected chi connectivity index (χ3v) is 4.26. The van der Waals surface area contributed by atoms with Crippen LogP contribution >= 0.6 is 0 Å². The molecule has 3 rings (SSSR count). The molecule has 2 unspecified atom stereocenters. The van der Waals surface area contributed by atoms with Crippen LogP contribution in [0.2, 0.25) is 0 Å². The number of hydrogen-bond acceptors (Lipinski definition) is 4. The van der Waals surface area contributed by atoms with Gasteiger partial charge in [-0.1, -0.05) is 30.3 Å². The van der Waals surface area contributed by atoms with Crippen LogP contribution in [0.25, 0.3) is 0 Å². The Hall–Kier alpha value is -2.86. The largest absolute Gasteiger partial charge is 0.489 e. The van der Waals surface area contributed by atoms with E-state index in [0.717, 1.165) is 11.3 Å². The summed E-state index contributed by atoms with van der Waals surface area (Å²) in [6, 6.07) is 14.5. The van der Waals surface area contributed by atoms with Crippen LogP contribution in [-0.4, -0.2) is 30.4 Å². The van der Waals surface area contributed by atoms with E-state index in [1.165, 1.54) is 0 Å². The molecule has 1 saturated heterocycles. The first-order valence-electron chi connectivity index (χ1n) is 8.24. The molecule has 2 aromatic carbocycles. The maximum atomic E-state index is 12.4. The molecule has 0 aliphatic carbocycles. The van der Waals surface area contributed by atoms with Crippen LogP contribution in [0.15, 0.2) is 48.5 Å². The first kappa shape index (κ1) is 17.0. The number of anilines is 1. The second kappa shape index (κ2) is 7.36. The molecule has 2 aromatic rings. The molecule has 1 heterocycles. The molecule has 6 heteroatoms. The second-order valence-corrected chi connectivity index (χ2v) is 6.18. The Labute approximate surface area is 146 Å². The van der Waals surface area contributed by atoms with E-state index < -0.39 is 0 Å². The molecule has 1 amide bonds. The topological polar surface area (TPSA) is 100 Å². The van der Waals surface area contributed by atoms with Crippen molar-refractivity contribution in [2.24, 2.45) is 5.73 Å². The fourth-order valence-electron chi connectivity index (χ4n) is 2.86. The van der Waals surface area contributed by atoms with E-state index in [-0.39, 0.29) is 23.9 Å². The average molecular weight is 338 g/mol. The summed E-state index contributed by atoms with van der Waals surface area (Å²) in [6.07, 6.45) is 0.483. The minimum Gasteiger partial charge on any atom is -0.489 e. The highest BCUT2D eigenvalue weighted by Crippen LogP contribution is 2.20. The minimum atomic E-state index is -0.291. The van der Waals surface area contributed by atoms with Gasteiger partial charge >= 0.3 is 0 Å². The number of carbonyl (C=O) groups excluding carboxylic acids is 1. The SMILES string of the molecule is Cc1ccccc1NC(=O)C1CC(Oc2cccc(C(=N)N)c2)CN1. The second-order valence-electron chi connectivity index (χ2n) is 6.18. The van der Waals surface area contributed by atoms with Gasteiger partial charge in [-0.25, -0.2) is 0 Å². The lowest BCUT2D eigenvalue weighted by atomic mass is 10.1. The van der Waals surface area contributed by atoms with E-state index in [1.807, 2.05) is 37.3 Å². The summed E-state index contributed by atoms with van der Waals surface area (Å²) in [4.78, 5) is 12.4. The summed E-state index contributed by atoms with van der Waals surface area (Å²) < 4.78 is 5.93. The third-order valence-electron chi connectivity index (χ3n) is 4.26. The molecule has 1 aliphatic heterocycles. The molecule has 0 bridgehead atoms. The van der Waals surface area contributed by atoms with Crippen LogP contribution < -0.4 is 21.1 Å². The predicted octanol–water partition coefficient (Wildman–Crippen LogP) is 2.03. The lowest BCUT2D eigenvalue weighted by Crippen LogP contribution is -2.35. The van der Waals surface area contributed by atoms with Crippen molar-refractivity contribution in [2.45, 2.75) is 25.5 Å². The van der Waals surface area contributed by atoms with E-state index in [4.69, 9.17) is 15.9 Å². The number of aryl methyl sites for hydroxylation is 1. The van der Waals surface area contributed by atoms with Gasteiger partial charge in [-0.05, 0) is 30.7 Å². The Morgan fingerprint density at radius 3 is 2.84 bits per heavy atom. The lowest BCUT2D eigenvalue weighted by molar-refractivity contribution is -0.117. The Morgan fingerprint density at radius 2 is 2.08 bits per heavy atom. The van der Waals surface area contributed by atoms with Crippen molar-refractivity contribution in [2.75, 3.05) is 11.9 Å². The maximum absolute atomic E-state index is 12.4. The molecule has 25 heavy (non-hydrogen) atoms. The van der Waals surface area contributed by atoms with Crippen molar-refractivity contribution in [1.82, 2.24) is 5.32 Å². The van der Waals surface area contributed by atoms with E-state index in [1.54, 1.807) is 18.2 Å². The molecule has 0 aromatic heterocycles. The van der Waals surface area contributed by atoms with E-state index in [2.05, 4.69) is 10.6 Å². The summed E-state index contributed by atoms with van der Waals surface area (Å²) in [5.41, 5.74) is 7.98. The first-order valence-corrected chi connectivity index (χ1v) is 8.24. The molecule has 6 nitrogen and oxygen atoms in total. The van der Waals surface area contributed by atoms with Gasteiger partial charge in [-0.3, -0.25) is 10.2 Å². The molecule has 5 N–H and O–H groups in total. The normalized spacial score (nSPS) is 19.4. The van der Waals surface area contributed by atoms with Gasteiger partial charge in [0.15, 0.2) is 0 Å². The van der Waals surface area contributed by atoms with Crippen LogP contribution in [0.3, 0.4) is 0 Å². The van der Waals surface area contributed by atoms with Gasteiger partial charge in [0.25, 0.3) is 0 Å². The Kier molecular flexibility index (Phi) is 5.00. The number of nitrogen functional groups attached to an aromatic ring is 1. The molecule has 1 fully saturated rings. The van der Waals surface area contributed by atoms with Crippen molar-refractivity contribution in [3.05, 3.63) is 59.7 Å². The maximum Gasteiger partial charge on any atom is 0.241 e. The average Bonchev–Trinajstić information content (AvgIpc) is 3.06. The van der Waals surface area contributed by atoms with Gasteiger partial charge in [0, 0.05) is 24.2 Å². The predicted molar refractivity (Wildman–Crippen MR) is 98.1 cm³/mol. The zero-order valence-electron chi connectivity index (χ0n) is 14.1. The molecular weight excluding hydrogens is 316 g/mol. The van der Waals surface area contributed by atoms with Gasteiger partial charge < -0.3 is 21.1 Å². The first-order chi connectivity index (χ1) is 12.0. The van der Waals surface area contributed by atoms with Crippen molar-refractivity contribution in [1.29, 1.82) is 5.41 Å². The van der Waals surface area contributed by atoms with Crippen molar-refractivity contribution < 1.29 is 9.53 Å². The molecular formula is C19H22N4O2. The highest BCUT2D eigenvalue weighted by Gasteiger charge is 2.31. The van der Waals surface area contributed by atoms with Gasteiger partial charge in [0.2, 0.25) is 5.91 Å². The quantitative estimate of drug-likeness (QED) is 0.495. The van der Waals surface area contributed by atoms with Crippen molar-refractivity contribution in [3.63, 3.8) is 0 Å². The lowest BCUT2D eigenvalue weighted by Gasteiger charge is -2.14. The monoisotopic (exact) mass is 338 g/mol. The Morgan fingerprint density at radius 1 is 1.28 bits per heavy atom. The molecule has 0 saturated carbocycles. The number of carbonyl (C=O) groups is 1. The van der Waals surface area contributed by atoms with Crippen LogP contribution in [0.5, 0.6) is 5.75 Å². The van der Waals surface area contributed by atoms with Crippen LogP contribution in [0.4, 0.5) is 5.69 Å². The number of ether oxygens (including phenoxy) is 1. The molecule has 0 radical (unpaired) electrons. The molecule has 2 atom stereocenters. The van der Waals surface area contributed by atoms with Crippen molar-refractivity contribution >= 4 is 17.4 Å². The number of para-hydroxylation sites is 1. The highest BCUT2D eigenvalue weighted by atomic mass is 16.5. The smallest absolute Gasteiger partial charge is 0.241 e. The summed E-state index contributed by atoms with van der Waals surface area (Å²) >= 11 is 0. The van der Waals surface area contributed by atoms with Crippen LogP contribution in [-0.2, 0) is 4.79 Å². The van der Waals surface area contributed by atoms with Gasteiger partial charge in [0.1, 0.15) is 17.7 Å². The van der Waals surface area contributed by atoms with E-state index in [9.17, 15) is 4.79 Å². The van der Waals surface area contributed by atoms with E-state index in [0.29, 0.717) is 24.3 Å². The summed E-state index contributed by atoms with van der Waals surface area (Å²) in [7, 11) is 0.